The van der Waals surface area contributed by atoms with Crippen molar-refractivity contribution in [1.82, 2.24) is 15.5 Å². The summed E-state index contributed by atoms with van der Waals surface area (Å²) in [5.41, 5.74) is 0. The van der Waals surface area contributed by atoms with Crippen molar-refractivity contribution in [2.24, 2.45) is 0 Å². The quantitative estimate of drug-likeness (QED) is 0.686. The molecule has 0 aromatic rings. The monoisotopic (exact) mass is 257 g/mol. The van der Waals surface area contributed by atoms with Gasteiger partial charge in [-0.05, 0) is 20.4 Å². The molecule has 2 amide bonds. The smallest absolute Gasteiger partial charge is 0.245 e. The third-order valence-electron chi connectivity index (χ3n) is 3.07. The summed E-state index contributed by atoms with van der Waals surface area (Å²) < 4.78 is 5.30. The number of ether oxygens (including phenoxy) is 1. The van der Waals surface area contributed by atoms with Crippen molar-refractivity contribution in [3.05, 3.63) is 0 Å². The fraction of sp³-hybridized carbons (Fsp3) is 0.833. The minimum absolute atomic E-state index is 0.0579. The van der Waals surface area contributed by atoms with Crippen LogP contribution < -0.4 is 10.6 Å². The highest BCUT2D eigenvalue weighted by atomic mass is 16.5. The van der Waals surface area contributed by atoms with E-state index in [4.69, 9.17) is 4.74 Å². The maximum Gasteiger partial charge on any atom is 0.245 e. The van der Waals surface area contributed by atoms with Gasteiger partial charge in [0.05, 0.1) is 19.3 Å². The summed E-state index contributed by atoms with van der Waals surface area (Å²) >= 11 is 0. The van der Waals surface area contributed by atoms with Gasteiger partial charge >= 0.3 is 0 Å². The minimum Gasteiger partial charge on any atom is -0.377 e. The largest absolute Gasteiger partial charge is 0.377 e. The van der Waals surface area contributed by atoms with Crippen molar-refractivity contribution in [3.63, 3.8) is 0 Å². The second kappa shape index (κ2) is 7.33. The van der Waals surface area contributed by atoms with Gasteiger partial charge in [0.1, 0.15) is 6.04 Å². The molecule has 0 aliphatic carbocycles. The van der Waals surface area contributed by atoms with E-state index in [1.54, 1.807) is 18.9 Å². The van der Waals surface area contributed by atoms with E-state index in [0.717, 1.165) is 6.42 Å². The zero-order chi connectivity index (χ0) is 13.5. The van der Waals surface area contributed by atoms with Crippen molar-refractivity contribution in [2.45, 2.75) is 32.4 Å². The summed E-state index contributed by atoms with van der Waals surface area (Å²) in [6.45, 7) is 5.63. The second-order valence-corrected chi connectivity index (χ2v) is 4.42. The summed E-state index contributed by atoms with van der Waals surface area (Å²) in [5, 5.41) is 5.71. The fourth-order valence-corrected chi connectivity index (χ4v) is 1.82. The number of likely N-dealkylation sites (N-methyl/N-ethyl adjacent to an activating group) is 1. The van der Waals surface area contributed by atoms with Crippen LogP contribution in [0.3, 0.4) is 0 Å². The van der Waals surface area contributed by atoms with E-state index in [0.29, 0.717) is 19.7 Å². The summed E-state index contributed by atoms with van der Waals surface area (Å²) in [6, 6.07) is -0.793. The predicted molar refractivity (Wildman–Crippen MR) is 68.1 cm³/mol. The number of carbonyl (C=O) groups excluding carboxylic acids is 2. The van der Waals surface area contributed by atoms with Gasteiger partial charge in [-0.25, -0.2) is 0 Å². The molecule has 1 fully saturated rings. The first kappa shape index (κ1) is 14.9. The van der Waals surface area contributed by atoms with Gasteiger partial charge in [-0.3, -0.25) is 9.59 Å². The lowest BCUT2D eigenvalue weighted by atomic mass is 10.1. The maximum atomic E-state index is 12.1. The van der Waals surface area contributed by atoms with Gasteiger partial charge in [0.25, 0.3) is 0 Å². The van der Waals surface area contributed by atoms with E-state index in [9.17, 15) is 9.59 Å². The first-order valence-electron chi connectivity index (χ1n) is 6.45. The Morgan fingerprint density at radius 3 is 2.83 bits per heavy atom. The molecular formula is C12H23N3O3. The highest BCUT2D eigenvalue weighted by molar-refractivity contribution is 5.90. The molecule has 0 bridgehead atoms. The molecule has 0 aromatic heterocycles. The van der Waals surface area contributed by atoms with Gasteiger partial charge in [-0.1, -0.05) is 6.92 Å². The Kier molecular flexibility index (Phi) is 6.07. The van der Waals surface area contributed by atoms with Gasteiger partial charge < -0.3 is 20.3 Å². The Hall–Kier alpha value is -1.14. The molecule has 1 aliphatic rings. The molecule has 0 aromatic carbocycles. The summed E-state index contributed by atoms with van der Waals surface area (Å²) in [7, 11) is 1.73. The molecular weight excluding hydrogens is 234 g/mol. The second-order valence-electron chi connectivity index (χ2n) is 4.42. The van der Waals surface area contributed by atoms with E-state index < -0.39 is 6.04 Å². The number of carbonyl (C=O) groups is 2. The van der Waals surface area contributed by atoms with E-state index in [-0.39, 0.29) is 24.5 Å². The lowest BCUT2D eigenvalue weighted by Gasteiger charge is -2.36. The molecule has 1 rings (SSSR count). The average Bonchev–Trinajstić information content (AvgIpc) is 2.43. The standard InChI is InChI=1S/C12H23N3O3/c1-4-5-14-11(16)10-8-18-7-6-15(10)12(17)9(2)13-3/h9-10,13H,4-8H2,1-3H3,(H,14,16). The van der Waals surface area contributed by atoms with Crippen LogP contribution in [0.1, 0.15) is 20.3 Å². The number of hydrogen-bond acceptors (Lipinski definition) is 4. The average molecular weight is 257 g/mol. The van der Waals surface area contributed by atoms with Gasteiger partial charge in [-0.2, -0.15) is 0 Å². The van der Waals surface area contributed by atoms with E-state index in [1.165, 1.54) is 0 Å². The predicted octanol–water partition coefficient (Wildman–Crippen LogP) is -0.652. The number of rotatable bonds is 5. The van der Waals surface area contributed by atoms with Gasteiger partial charge in [0, 0.05) is 13.1 Å². The van der Waals surface area contributed by atoms with Crippen LogP contribution in [-0.2, 0) is 14.3 Å². The topological polar surface area (TPSA) is 70.7 Å². The Morgan fingerprint density at radius 2 is 2.22 bits per heavy atom. The van der Waals surface area contributed by atoms with E-state index >= 15 is 0 Å². The lowest BCUT2D eigenvalue weighted by molar-refractivity contribution is -0.149. The lowest BCUT2D eigenvalue weighted by Crippen LogP contribution is -2.59. The van der Waals surface area contributed by atoms with Crippen LogP contribution in [0.5, 0.6) is 0 Å². The number of nitrogens with one attached hydrogen (secondary N) is 2. The Balaban J connectivity index is 2.67. The third-order valence-corrected chi connectivity index (χ3v) is 3.07. The van der Waals surface area contributed by atoms with Gasteiger partial charge in [-0.15, -0.1) is 0 Å². The molecule has 1 aliphatic heterocycles. The van der Waals surface area contributed by atoms with Crippen molar-refractivity contribution in [2.75, 3.05) is 33.4 Å². The minimum atomic E-state index is -0.506. The van der Waals surface area contributed by atoms with E-state index in [2.05, 4.69) is 10.6 Å². The normalized spacial score (nSPS) is 21.5. The molecule has 6 heteroatoms. The van der Waals surface area contributed by atoms with E-state index in [1.807, 2.05) is 6.92 Å². The Labute approximate surface area is 108 Å². The van der Waals surface area contributed by atoms with Crippen LogP contribution in [0.2, 0.25) is 0 Å². The molecule has 0 radical (unpaired) electrons. The van der Waals surface area contributed by atoms with Crippen molar-refractivity contribution >= 4 is 11.8 Å². The van der Waals surface area contributed by atoms with Gasteiger partial charge in [0.2, 0.25) is 11.8 Å². The highest BCUT2D eigenvalue weighted by Gasteiger charge is 2.34. The highest BCUT2D eigenvalue weighted by Crippen LogP contribution is 2.09. The molecule has 0 spiro atoms. The van der Waals surface area contributed by atoms with Crippen LogP contribution in [0.15, 0.2) is 0 Å². The molecule has 2 atom stereocenters. The number of amides is 2. The maximum absolute atomic E-state index is 12.1. The molecule has 1 saturated heterocycles. The Bertz CT molecular complexity index is 296. The first-order chi connectivity index (χ1) is 8.61. The summed E-state index contributed by atoms with van der Waals surface area (Å²) in [5.74, 6) is -0.189. The van der Waals surface area contributed by atoms with Crippen LogP contribution in [-0.4, -0.2) is 62.1 Å². The summed E-state index contributed by atoms with van der Waals surface area (Å²) in [6.07, 6.45) is 0.875. The third kappa shape index (κ3) is 3.68. The number of morpholine rings is 1. The molecule has 2 unspecified atom stereocenters. The number of nitrogens with zero attached hydrogens (tertiary/aromatic N) is 1. The van der Waals surface area contributed by atoms with Crippen LogP contribution in [0, 0.1) is 0 Å². The fourth-order valence-electron chi connectivity index (χ4n) is 1.82. The van der Waals surface area contributed by atoms with Crippen LogP contribution in [0.25, 0.3) is 0 Å². The molecule has 0 saturated carbocycles. The molecule has 18 heavy (non-hydrogen) atoms. The van der Waals surface area contributed by atoms with Crippen molar-refractivity contribution < 1.29 is 14.3 Å². The molecule has 104 valence electrons. The SMILES string of the molecule is CCCNC(=O)C1COCCN1C(=O)C(C)NC. The molecule has 2 N–H and O–H groups in total. The zero-order valence-corrected chi connectivity index (χ0v) is 11.4. The van der Waals surface area contributed by atoms with Crippen molar-refractivity contribution in [1.29, 1.82) is 0 Å². The molecule has 1 heterocycles. The Morgan fingerprint density at radius 1 is 1.50 bits per heavy atom. The number of hydrogen-bond donors (Lipinski definition) is 2. The van der Waals surface area contributed by atoms with Gasteiger partial charge in [0.15, 0.2) is 0 Å². The van der Waals surface area contributed by atoms with Crippen LogP contribution in [0.4, 0.5) is 0 Å². The van der Waals surface area contributed by atoms with Crippen LogP contribution >= 0.6 is 0 Å². The summed E-state index contributed by atoms with van der Waals surface area (Å²) in [4.78, 5) is 25.7. The molecule has 6 nitrogen and oxygen atoms in total. The first-order valence-corrected chi connectivity index (χ1v) is 6.45. The zero-order valence-electron chi connectivity index (χ0n) is 11.4. The van der Waals surface area contributed by atoms with Crippen molar-refractivity contribution in [3.8, 4) is 0 Å².